The summed E-state index contributed by atoms with van der Waals surface area (Å²) in [4.78, 5) is 0. The van der Waals surface area contributed by atoms with Crippen LogP contribution >= 0.6 is 0 Å². The largest absolute Gasteiger partial charge is 0.394 e. The maximum Gasteiger partial charge on any atom is 0.0704 e. The van der Waals surface area contributed by atoms with Gasteiger partial charge in [0.1, 0.15) is 0 Å². The Hall–Kier alpha value is -0.200. The van der Waals surface area contributed by atoms with E-state index in [4.69, 9.17) is 24.1 Å². The first-order valence-electron chi connectivity index (χ1n) is 11.8. The third kappa shape index (κ3) is 22.1. The van der Waals surface area contributed by atoms with E-state index in [-0.39, 0.29) is 6.61 Å². The first kappa shape index (κ1) is 27.8. The van der Waals surface area contributed by atoms with Gasteiger partial charge in [-0.2, -0.15) is 0 Å². The molecule has 0 aliphatic carbocycles. The fourth-order valence-electron chi connectivity index (χ4n) is 3.14. The molecule has 0 aliphatic rings. The molecule has 170 valence electrons. The van der Waals surface area contributed by atoms with E-state index in [9.17, 15) is 0 Å². The molecule has 0 spiro atoms. The molecule has 0 radical (unpaired) electrons. The third-order valence-electron chi connectivity index (χ3n) is 4.82. The SMILES string of the molecule is CCCCCCCC(CCCCCCC)OCCOCCOCCOCCO. The number of ether oxygens (including phenoxy) is 4. The summed E-state index contributed by atoms with van der Waals surface area (Å²) >= 11 is 0. The van der Waals surface area contributed by atoms with Crippen LogP contribution in [0.15, 0.2) is 0 Å². The van der Waals surface area contributed by atoms with Gasteiger partial charge in [0.25, 0.3) is 0 Å². The summed E-state index contributed by atoms with van der Waals surface area (Å²) in [5, 5.41) is 8.59. The lowest BCUT2D eigenvalue weighted by Gasteiger charge is -2.18. The van der Waals surface area contributed by atoms with Crippen molar-refractivity contribution in [2.75, 3.05) is 52.9 Å². The lowest BCUT2D eigenvalue weighted by Crippen LogP contribution is -2.18. The predicted octanol–water partition coefficient (Wildman–Crippen LogP) is 5.13. The fourth-order valence-corrected chi connectivity index (χ4v) is 3.14. The van der Waals surface area contributed by atoms with Crippen molar-refractivity contribution in [1.29, 1.82) is 0 Å². The van der Waals surface area contributed by atoms with Crippen LogP contribution in [0.5, 0.6) is 0 Å². The average molecular weight is 405 g/mol. The number of aliphatic hydroxyl groups is 1. The summed E-state index contributed by atoms with van der Waals surface area (Å²) in [6.45, 7) is 8.47. The van der Waals surface area contributed by atoms with Gasteiger partial charge in [-0.3, -0.25) is 0 Å². The van der Waals surface area contributed by atoms with Gasteiger partial charge in [0.05, 0.1) is 59.0 Å². The highest BCUT2D eigenvalue weighted by Gasteiger charge is 2.09. The monoisotopic (exact) mass is 404 g/mol. The van der Waals surface area contributed by atoms with Crippen molar-refractivity contribution >= 4 is 0 Å². The van der Waals surface area contributed by atoms with E-state index in [2.05, 4.69) is 13.8 Å². The maximum atomic E-state index is 8.59. The predicted molar refractivity (Wildman–Crippen MR) is 116 cm³/mol. The van der Waals surface area contributed by atoms with E-state index < -0.39 is 0 Å². The normalized spacial score (nSPS) is 11.6. The van der Waals surface area contributed by atoms with Crippen molar-refractivity contribution in [1.82, 2.24) is 0 Å². The number of hydrogen-bond acceptors (Lipinski definition) is 5. The molecule has 5 nitrogen and oxygen atoms in total. The van der Waals surface area contributed by atoms with Gasteiger partial charge in [-0.15, -0.1) is 0 Å². The molecule has 0 atom stereocenters. The highest BCUT2D eigenvalue weighted by atomic mass is 16.6. The minimum atomic E-state index is 0.0571. The Morgan fingerprint density at radius 3 is 1.43 bits per heavy atom. The minimum Gasteiger partial charge on any atom is -0.394 e. The standard InChI is InChI=1S/C23H48O5/c1-3-5-7-9-11-13-23(14-12-10-8-6-4-2)28-22-21-27-20-19-26-18-17-25-16-15-24/h23-24H,3-22H2,1-2H3. The van der Waals surface area contributed by atoms with Gasteiger partial charge in [-0.25, -0.2) is 0 Å². The van der Waals surface area contributed by atoms with E-state index in [0.29, 0.717) is 52.4 Å². The van der Waals surface area contributed by atoms with Crippen molar-refractivity contribution in [3.63, 3.8) is 0 Å². The summed E-state index contributed by atoms with van der Waals surface area (Å²) in [7, 11) is 0. The summed E-state index contributed by atoms with van der Waals surface area (Å²) < 4.78 is 22.2. The zero-order chi connectivity index (χ0) is 20.5. The van der Waals surface area contributed by atoms with Crippen molar-refractivity contribution in [2.24, 2.45) is 0 Å². The molecule has 0 amide bonds. The minimum absolute atomic E-state index is 0.0571. The van der Waals surface area contributed by atoms with Crippen LogP contribution in [0.2, 0.25) is 0 Å². The summed E-state index contributed by atoms with van der Waals surface area (Å²) in [6.07, 6.45) is 16.0. The molecule has 1 N–H and O–H groups in total. The van der Waals surface area contributed by atoms with Crippen LogP contribution in [-0.2, 0) is 18.9 Å². The van der Waals surface area contributed by atoms with Crippen LogP contribution < -0.4 is 0 Å². The molecule has 0 saturated heterocycles. The van der Waals surface area contributed by atoms with E-state index >= 15 is 0 Å². The lowest BCUT2D eigenvalue weighted by atomic mass is 10.0. The molecule has 0 fully saturated rings. The van der Waals surface area contributed by atoms with Gasteiger partial charge < -0.3 is 24.1 Å². The smallest absolute Gasteiger partial charge is 0.0704 e. The Morgan fingerprint density at radius 2 is 0.964 bits per heavy atom. The molecule has 0 rings (SSSR count). The van der Waals surface area contributed by atoms with Crippen LogP contribution in [0, 0.1) is 0 Å². The summed E-state index contributed by atoms with van der Waals surface area (Å²) in [5.74, 6) is 0. The van der Waals surface area contributed by atoms with Gasteiger partial charge in [0.2, 0.25) is 0 Å². The molecule has 28 heavy (non-hydrogen) atoms. The van der Waals surface area contributed by atoms with E-state index in [1.807, 2.05) is 0 Å². The van der Waals surface area contributed by atoms with Crippen molar-refractivity contribution in [3.8, 4) is 0 Å². The molecule has 0 heterocycles. The molecule has 0 aromatic rings. The summed E-state index contributed by atoms with van der Waals surface area (Å²) in [6, 6.07) is 0. The Morgan fingerprint density at radius 1 is 0.536 bits per heavy atom. The second-order valence-electron chi connectivity index (χ2n) is 7.46. The number of unbranched alkanes of at least 4 members (excludes halogenated alkanes) is 8. The molecular formula is C23H48O5. The molecule has 0 unspecified atom stereocenters. The van der Waals surface area contributed by atoms with Crippen molar-refractivity contribution in [2.45, 2.75) is 97.0 Å². The van der Waals surface area contributed by atoms with Crippen molar-refractivity contribution < 1.29 is 24.1 Å². The zero-order valence-electron chi connectivity index (χ0n) is 18.8. The van der Waals surface area contributed by atoms with E-state index in [0.717, 1.165) is 0 Å². The Kier molecular flexibility index (Phi) is 24.7. The Labute approximate surface area is 174 Å². The van der Waals surface area contributed by atoms with Crippen LogP contribution in [0.25, 0.3) is 0 Å². The molecule has 0 aromatic carbocycles. The van der Waals surface area contributed by atoms with Crippen LogP contribution in [0.3, 0.4) is 0 Å². The Bertz CT molecular complexity index is 262. The van der Waals surface area contributed by atoms with Gasteiger partial charge in [-0.1, -0.05) is 78.1 Å². The molecular weight excluding hydrogens is 356 g/mol. The first-order chi connectivity index (χ1) is 13.8. The summed E-state index contributed by atoms with van der Waals surface area (Å²) in [5.41, 5.74) is 0. The highest BCUT2D eigenvalue weighted by Crippen LogP contribution is 2.16. The van der Waals surface area contributed by atoms with Gasteiger partial charge >= 0.3 is 0 Å². The third-order valence-corrected chi connectivity index (χ3v) is 4.82. The fraction of sp³-hybridized carbons (Fsp3) is 1.00. The first-order valence-corrected chi connectivity index (χ1v) is 11.8. The Balaban J connectivity index is 3.66. The highest BCUT2D eigenvalue weighted by molar-refractivity contribution is 4.60. The van der Waals surface area contributed by atoms with Gasteiger partial charge in [0, 0.05) is 0 Å². The van der Waals surface area contributed by atoms with E-state index in [1.54, 1.807) is 0 Å². The number of aliphatic hydroxyl groups excluding tert-OH is 1. The zero-order valence-corrected chi connectivity index (χ0v) is 18.8. The number of hydrogen-bond donors (Lipinski definition) is 1. The molecule has 5 heteroatoms. The van der Waals surface area contributed by atoms with Crippen LogP contribution in [-0.4, -0.2) is 64.1 Å². The quantitative estimate of drug-likeness (QED) is 0.226. The second-order valence-corrected chi connectivity index (χ2v) is 7.46. The van der Waals surface area contributed by atoms with Gasteiger partial charge in [0.15, 0.2) is 0 Å². The number of rotatable bonds is 24. The second kappa shape index (κ2) is 24.8. The average Bonchev–Trinajstić information content (AvgIpc) is 2.71. The topological polar surface area (TPSA) is 57.2 Å². The van der Waals surface area contributed by atoms with Crippen LogP contribution in [0.1, 0.15) is 90.9 Å². The molecule has 0 bridgehead atoms. The lowest BCUT2D eigenvalue weighted by molar-refractivity contribution is -0.0246. The van der Waals surface area contributed by atoms with Crippen molar-refractivity contribution in [3.05, 3.63) is 0 Å². The molecule has 0 aromatic heterocycles. The van der Waals surface area contributed by atoms with E-state index in [1.165, 1.54) is 77.0 Å². The maximum absolute atomic E-state index is 8.59. The molecule has 0 aliphatic heterocycles. The molecule has 0 saturated carbocycles. The van der Waals surface area contributed by atoms with Crippen LogP contribution in [0.4, 0.5) is 0 Å². The van der Waals surface area contributed by atoms with Gasteiger partial charge in [-0.05, 0) is 12.8 Å².